The standard InChI is InChI=1S/C35H38Cl2FN4O6P/c1-46-8-7-39-19-49-17-24(39)14-41(49)23-9-28(36)32(29(37)10-23)34(43)40-13-20-3-2-4-25(33(20)48-18-40)26-12-31(27(35(44)45)11-30(26)38)42-21-5-6-22(42)16-47-15-21/h2-4,9-12,21-22,24H,5-8,13-19,49H2,1H3,(H,44,45). The van der Waals surface area contributed by atoms with Crippen molar-refractivity contribution < 1.29 is 33.3 Å². The Bertz CT molecular complexity index is 1800. The minimum absolute atomic E-state index is 0.0346. The van der Waals surface area contributed by atoms with E-state index in [0.29, 0.717) is 51.9 Å². The summed E-state index contributed by atoms with van der Waals surface area (Å²) < 4.78 is 35.4. The number of benzene rings is 3. The number of carbonyl (C=O) groups is 2. The number of ether oxygens (including phenoxy) is 3. The summed E-state index contributed by atoms with van der Waals surface area (Å²) in [6.07, 6.45) is 4.06. The average molecular weight is 732 g/mol. The number of para-hydroxylation sites is 1. The number of nitrogens with zero attached hydrogens (tertiary/aromatic N) is 4. The van der Waals surface area contributed by atoms with Crippen molar-refractivity contribution in [3.05, 3.63) is 75.0 Å². The van der Waals surface area contributed by atoms with Gasteiger partial charge in [0.05, 0.1) is 36.5 Å². The van der Waals surface area contributed by atoms with E-state index < -0.39 is 19.9 Å². The first-order valence-electron chi connectivity index (χ1n) is 16.7. The number of carboxylic acids is 1. The van der Waals surface area contributed by atoms with Gasteiger partial charge in [0.15, 0.2) is 0 Å². The molecule has 5 heterocycles. The maximum atomic E-state index is 15.7. The van der Waals surface area contributed by atoms with Crippen molar-refractivity contribution in [3.63, 3.8) is 0 Å². The molecule has 0 radical (unpaired) electrons. The number of carboxylic acid groups (broad SMARTS) is 1. The molecule has 4 fully saturated rings. The Morgan fingerprint density at radius 2 is 1.82 bits per heavy atom. The summed E-state index contributed by atoms with van der Waals surface area (Å²) in [5.74, 6) is -1.75. The molecule has 0 aromatic heterocycles. The van der Waals surface area contributed by atoms with Crippen LogP contribution < -0.4 is 14.3 Å². The van der Waals surface area contributed by atoms with Crippen molar-refractivity contribution in [3.8, 4) is 16.9 Å². The third-order valence-corrected chi connectivity index (χ3v) is 14.7. The summed E-state index contributed by atoms with van der Waals surface area (Å²) >= 11 is 13.6. The third kappa shape index (κ3) is 5.82. The van der Waals surface area contributed by atoms with Gasteiger partial charge in [-0.15, -0.1) is 0 Å². The second-order valence-corrected chi connectivity index (χ2v) is 17.1. The molecule has 10 nitrogen and oxygen atoms in total. The van der Waals surface area contributed by atoms with Gasteiger partial charge in [0.1, 0.15) is 5.82 Å². The fourth-order valence-electron chi connectivity index (χ4n) is 8.43. The number of aromatic carboxylic acids is 1. The predicted molar refractivity (Wildman–Crippen MR) is 190 cm³/mol. The van der Waals surface area contributed by atoms with Crippen molar-refractivity contribution in [1.29, 1.82) is 0 Å². The zero-order chi connectivity index (χ0) is 34.0. The maximum absolute atomic E-state index is 15.7. The van der Waals surface area contributed by atoms with Crippen LogP contribution in [-0.2, 0) is 16.0 Å². The fraction of sp³-hybridized carbons (Fsp3) is 0.429. The normalized spacial score (nSPS) is 23.6. The summed E-state index contributed by atoms with van der Waals surface area (Å²) in [5.41, 5.74) is 3.01. The van der Waals surface area contributed by atoms with Crippen molar-refractivity contribution in [2.45, 2.75) is 37.5 Å². The Balaban J connectivity index is 1.04. The van der Waals surface area contributed by atoms with Gasteiger partial charge in [-0.25, -0.2) is 9.18 Å². The number of morpholine rings is 1. The molecule has 4 bridgehead atoms. The van der Waals surface area contributed by atoms with Crippen LogP contribution in [0, 0.1) is 5.82 Å². The topological polar surface area (TPSA) is 95.0 Å². The molecule has 0 spiro atoms. The Hall–Kier alpha value is -3.18. The van der Waals surface area contributed by atoms with Gasteiger partial charge in [-0.1, -0.05) is 0 Å². The number of hydrogen-bond donors (Lipinski definition) is 1. The van der Waals surface area contributed by atoms with E-state index in [1.807, 2.05) is 18.2 Å². The Kier molecular flexibility index (Phi) is 8.87. The van der Waals surface area contributed by atoms with Crippen LogP contribution in [0.15, 0.2) is 42.5 Å². The Morgan fingerprint density at radius 1 is 1.06 bits per heavy atom. The number of halogens is 3. The molecule has 3 atom stereocenters. The number of anilines is 2. The summed E-state index contributed by atoms with van der Waals surface area (Å²) in [7, 11) is 0.503. The van der Waals surface area contributed by atoms with Gasteiger partial charge < -0.3 is 14.7 Å². The van der Waals surface area contributed by atoms with Crippen LogP contribution in [-0.4, -0.2) is 104 Å². The number of hydrogen-bond acceptors (Lipinski definition) is 8. The molecule has 14 heteroatoms. The van der Waals surface area contributed by atoms with E-state index in [1.165, 1.54) is 11.1 Å². The van der Waals surface area contributed by atoms with Gasteiger partial charge in [-0.3, -0.25) is 0 Å². The van der Waals surface area contributed by atoms with Crippen LogP contribution in [0.3, 0.4) is 0 Å². The van der Waals surface area contributed by atoms with Gasteiger partial charge >= 0.3 is 205 Å². The molecule has 0 aliphatic carbocycles. The first-order chi connectivity index (χ1) is 23.7. The van der Waals surface area contributed by atoms with Gasteiger partial charge in [-0.2, -0.15) is 0 Å². The summed E-state index contributed by atoms with van der Waals surface area (Å²) in [6, 6.07) is 12.4. The average Bonchev–Trinajstić information content (AvgIpc) is 3.76. The molecule has 49 heavy (non-hydrogen) atoms. The molecule has 5 aliphatic heterocycles. The first-order valence-corrected chi connectivity index (χ1v) is 19.6. The molecule has 4 saturated heterocycles. The van der Waals surface area contributed by atoms with Crippen LogP contribution in [0.2, 0.25) is 10.0 Å². The number of rotatable bonds is 8. The van der Waals surface area contributed by atoms with E-state index in [9.17, 15) is 14.7 Å². The van der Waals surface area contributed by atoms with Crippen LogP contribution in [0.1, 0.15) is 39.1 Å². The molecule has 3 aromatic carbocycles. The van der Waals surface area contributed by atoms with E-state index in [1.54, 1.807) is 25.3 Å². The van der Waals surface area contributed by atoms with Crippen LogP contribution in [0.4, 0.5) is 15.8 Å². The summed E-state index contributed by atoms with van der Waals surface area (Å²) in [4.78, 5) is 32.2. The van der Waals surface area contributed by atoms with Crippen LogP contribution in [0.25, 0.3) is 11.1 Å². The molecular formula is C35H38Cl2FN4O6P. The van der Waals surface area contributed by atoms with Crippen LogP contribution in [0.5, 0.6) is 5.75 Å². The summed E-state index contributed by atoms with van der Waals surface area (Å²) in [6.45, 7) is 3.71. The van der Waals surface area contributed by atoms with Crippen molar-refractivity contribution in [2.75, 3.05) is 68.8 Å². The van der Waals surface area contributed by atoms with Crippen molar-refractivity contribution in [1.82, 2.24) is 9.80 Å². The SMILES string of the molecule is COCCN1C[PH2]2CC1CN2c1cc(Cl)c(C(=O)N2COc3c(cccc3-c3cc(N4C5CCC4COC5)c(C(=O)O)cc3F)C2)c(Cl)c1. The molecule has 1 N–H and O–H groups in total. The van der Waals surface area contributed by atoms with E-state index in [4.69, 9.17) is 37.4 Å². The number of fused-ring (bicyclic) bond motifs is 5. The molecule has 3 unspecified atom stereocenters. The van der Waals surface area contributed by atoms with Gasteiger partial charge in [-0.05, 0) is 25.0 Å². The quantitative estimate of drug-likeness (QED) is 0.288. The van der Waals surface area contributed by atoms with Crippen molar-refractivity contribution >= 4 is 54.5 Å². The monoisotopic (exact) mass is 730 g/mol. The summed E-state index contributed by atoms with van der Waals surface area (Å²) in [5, 5.41) is 10.6. The molecular weight excluding hydrogens is 693 g/mol. The molecule has 1 amide bonds. The van der Waals surface area contributed by atoms with Gasteiger partial charge in [0, 0.05) is 0 Å². The molecule has 260 valence electrons. The second kappa shape index (κ2) is 13.2. The fourth-order valence-corrected chi connectivity index (χ4v) is 12.9. The van der Waals surface area contributed by atoms with E-state index in [2.05, 4.69) is 14.5 Å². The Morgan fingerprint density at radius 3 is 2.49 bits per heavy atom. The third-order valence-electron chi connectivity index (χ3n) is 10.7. The van der Waals surface area contributed by atoms with Gasteiger partial charge in [0.25, 0.3) is 0 Å². The molecule has 5 aliphatic rings. The predicted octanol–water partition coefficient (Wildman–Crippen LogP) is 5.83. The Labute approximate surface area is 295 Å². The molecule has 3 aromatic rings. The number of carbonyl (C=O) groups excluding carboxylic acids is 1. The van der Waals surface area contributed by atoms with E-state index in [0.717, 1.165) is 50.6 Å². The molecule has 8 rings (SSSR count). The van der Waals surface area contributed by atoms with E-state index >= 15 is 4.39 Å². The number of amides is 1. The van der Waals surface area contributed by atoms with Crippen LogP contribution >= 0.6 is 31.3 Å². The molecule has 0 saturated carbocycles. The zero-order valence-electron chi connectivity index (χ0n) is 27.0. The van der Waals surface area contributed by atoms with Gasteiger partial charge in [0.2, 0.25) is 0 Å². The second-order valence-electron chi connectivity index (χ2n) is 13.5. The first kappa shape index (κ1) is 33.0. The number of methoxy groups -OCH3 is 1. The van der Waals surface area contributed by atoms with Crippen molar-refractivity contribution in [2.24, 2.45) is 0 Å². The minimum atomic E-state index is -1.23. The zero-order valence-corrected chi connectivity index (χ0v) is 29.7. The van der Waals surface area contributed by atoms with E-state index in [-0.39, 0.29) is 48.0 Å².